The van der Waals surface area contributed by atoms with Crippen LogP contribution in [0.4, 0.5) is 20.2 Å². The standard InChI is InChI=1S/C24H19ClF2N4O3/c1-3-18(33)30-7-8-31-16(11-30)24(34)29(2)15-10-28-22-12(23(15)31)9-14(27)20(21(22)25)19-13(26)5-4-6-17(19)32/h3-6,9-10,16,32H,1,7-8,11H2,2H3. The lowest BCUT2D eigenvalue weighted by atomic mass is 9.97. The van der Waals surface area contributed by atoms with E-state index in [4.69, 9.17) is 11.6 Å². The number of carbonyl (C=O) groups is 2. The molecule has 10 heteroatoms. The van der Waals surface area contributed by atoms with Crippen LogP contribution in [0, 0.1) is 11.6 Å². The van der Waals surface area contributed by atoms with Gasteiger partial charge in [-0.05, 0) is 24.3 Å². The van der Waals surface area contributed by atoms with Crippen molar-refractivity contribution in [3.05, 3.63) is 59.8 Å². The number of rotatable bonds is 2. The van der Waals surface area contributed by atoms with E-state index in [0.29, 0.717) is 29.9 Å². The van der Waals surface area contributed by atoms with Crippen LogP contribution in [0.5, 0.6) is 5.75 Å². The van der Waals surface area contributed by atoms with E-state index in [1.54, 1.807) is 11.9 Å². The van der Waals surface area contributed by atoms with Crippen LogP contribution in [0.15, 0.2) is 43.1 Å². The molecule has 1 fully saturated rings. The molecule has 174 valence electrons. The highest BCUT2D eigenvalue weighted by molar-refractivity contribution is 6.38. The smallest absolute Gasteiger partial charge is 0.251 e. The summed E-state index contributed by atoms with van der Waals surface area (Å²) in [4.78, 5) is 34.4. The summed E-state index contributed by atoms with van der Waals surface area (Å²) in [6.07, 6.45) is 2.66. The average Bonchev–Trinajstić information content (AvgIpc) is 2.82. The van der Waals surface area contributed by atoms with Crippen molar-refractivity contribution in [2.24, 2.45) is 0 Å². The predicted octanol–water partition coefficient (Wildman–Crippen LogP) is 3.72. The van der Waals surface area contributed by atoms with Crippen LogP contribution in [-0.4, -0.2) is 59.5 Å². The number of hydrogen-bond acceptors (Lipinski definition) is 5. The largest absolute Gasteiger partial charge is 0.507 e. The van der Waals surface area contributed by atoms with Crippen molar-refractivity contribution in [1.82, 2.24) is 9.88 Å². The monoisotopic (exact) mass is 484 g/mol. The molecule has 0 saturated carbocycles. The summed E-state index contributed by atoms with van der Waals surface area (Å²) in [6, 6.07) is 4.16. The molecular weight excluding hydrogens is 466 g/mol. The van der Waals surface area contributed by atoms with Crippen LogP contribution in [0.25, 0.3) is 22.0 Å². The lowest BCUT2D eigenvalue weighted by molar-refractivity contribution is -0.128. The molecule has 2 aliphatic rings. The van der Waals surface area contributed by atoms with Crippen LogP contribution in [0.2, 0.25) is 5.02 Å². The van der Waals surface area contributed by atoms with E-state index in [1.807, 2.05) is 4.90 Å². The molecule has 1 N–H and O–H groups in total. The summed E-state index contributed by atoms with van der Waals surface area (Å²) in [5.41, 5.74) is 0.566. The maximum absolute atomic E-state index is 15.5. The Kier molecular flexibility index (Phi) is 5.16. The van der Waals surface area contributed by atoms with Crippen LogP contribution in [0.3, 0.4) is 0 Å². The minimum absolute atomic E-state index is 0.147. The van der Waals surface area contributed by atoms with Gasteiger partial charge < -0.3 is 19.8 Å². The van der Waals surface area contributed by atoms with Crippen LogP contribution >= 0.6 is 11.6 Å². The van der Waals surface area contributed by atoms with Gasteiger partial charge in [-0.2, -0.15) is 0 Å². The molecule has 1 aromatic heterocycles. The number of likely N-dealkylation sites (N-methyl/N-ethyl adjacent to an activating group) is 1. The molecule has 3 aromatic rings. The maximum Gasteiger partial charge on any atom is 0.251 e. The first kappa shape index (κ1) is 22.1. The lowest BCUT2D eigenvalue weighted by Gasteiger charge is -2.47. The van der Waals surface area contributed by atoms with Crippen molar-refractivity contribution in [2.45, 2.75) is 6.04 Å². The first-order valence-electron chi connectivity index (χ1n) is 10.5. The number of piperazine rings is 1. The number of phenolic OH excluding ortho intramolecular Hbond substituents is 1. The maximum atomic E-state index is 15.5. The minimum Gasteiger partial charge on any atom is -0.507 e. The van der Waals surface area contributed by atoms with Gasteiger partial charge in [0.25, 0.3) is 5.91 Å². The fraction of sp³-hybridized carbons (Fsp3) is 0.208. The summed E-state index contributed by atoms with van der Waals surface area (Å²) in [6.45, 7) is 4.32. The van der Waals surface area contributed by atoms with Gasteiger partial charge in [-0.3, -0.25) is 14.6 Å². The summed E-state index contributed by atoms with van der Waals surface area (Å²) in [5, 5.41) is 10.4. The molecule has 1 atom stereocenters. The van der Waals surface area contributed by atoms with E-state index in [1.165, 1.54) is 35.4 Å². The predicted molar refractivity (Wildman–Crippen MR) is 125 cm³/mol. The third-order valence-corrected chi connectivity index (χ3v) is 6.75. The molecule has 3 heterocycles. The number of anilines is 2. The van der Waals surface area contributed by atoms with Crippen LogP contribution < -0.4 is 9.80 Å². The Hall–Kier alpha value is -3.72. The minimum atomic E-state index is -0.843. The molecule has 2 amide bonds. The number of carbonyl (C=O) groups excluding carboxylic acids is 2. The number of pyridine rings is 1. The summed E-state index contributed by atoms with van der Waals surface area (Å²) >= 11 is 6.55. The fourth-order valence-electron chi connectivity index (χ4n) is 4.71. The van der Waals surface area contributed by atoms with Gasteiger partial charge in [0.15, 0.2) is 0 Å². The molecule has 5 rings (SSSR count). The Balaban J connectivity index is 1.72. The second-order valence-corrected chi connectivity index (χ2v) is 8.54. The molecule has 1 unspecified atom stereocenters. The molecule has 0 radical (unpaired) electrons. The third kappa shape index (κ3) is 3.11. The Bertz CT molecular complexity index is 1380. The molecule has 2 aromatic carbocycles. The van der Waals surface area contributed by atoms with E-state index < -0.39 is 23.4 Å². The molecular formula is C24H19ClF2N4O3. The molecule has 0 bridgehead atoms. The zero-order valence-corrected chi connectivity index (χ0v) is 18.8. The summed E-state index contributed by atoms with van der Waals surface area (Å²) < 4.78 is 30.0. The van der Waals surface area contributed by atoms with Crippen molar-refractivity contribution in [2.75, 3.05) is 36.5 Å². The van der Waals surface area contributed by atoms with Gasteiger partial charge in [-0.25, -0.2) is 8.78 Å². The van der Waals surface area contributed by atoms with Gasteiger partial charge >= 0.3 is 0 Å². The van der Waals surface area contributed by atoms with E-state index >= 15 is 4.39 Å². The van der Waals surface area contributed by atoms with Gasteiger partial charge in [0.1, 0.15) is 23.4 Å². The lowest BCUT2D eigenvalue weighted by Crippen LogP contribution is -2.62. The molecule has 0 aliphatic carbocycles. The normalized spacial score (nSPS) is 17.6. The van der Waals surface area contributed by atoms with Crippen molar-refractivity contribution >= 4 is 45.7 Å². The number of hydrogen-bond donors (Lipinski definition) is 1. The van der Waals surface area contributed by atoms with Gasteiger partial charge in [0, 0.05) is 31.1 Å². The molecule has 2 aliphatic heterocycles. The fourth-order valence-corrected chi connectivity index (χ4v) is 5.05. The third-order valence-electron chi connectivity index (χ3n) is 6.38. The van der Waals surface area contributed by atoms with Gasteiger partial charge in [0.05, 0.1) is 40.2 Å². The van der Waals surface area contributed by atoms with Crippen molar-refractivity contribution in [1.29, 1.82) is 0 Å². The highest BCUT2D eigenvalue weighted by Crippen LogP contribution is 2.47. The number of aromatic hydroxyl groups is 1. The highest BCUT2D eigenvalue weighted by atomic mass is 35.5. The van der Waals surface area contributed by atoms with Crippen molar-refractivity contribution < 1.29 is 23.5 Å². The summed E-state index contributed by atoms with van der Waals surface area (Å²) in [5.74, 6) is -2.62. The topological polar surface area (TPSA) is 77.0 Å². The Morgan fingerprint density at radius 1 is 1.26 bits per heavy atom. The first-order valence-corrected chi connectivity index (χ1v) is 10.9. The first-order chi connectivity index (χ1) is 16.2. The van der Waals surface area contributed by atoms with Crippen molar-refractivity contribution in [3.8, 4) is 16.9 Å². The molecule has 7 nitrogen and oxygen atoms in total. The van der Waals surface area contributed by atoms with Gasteiger partial charge in [0.2, 0.25) is 5.91 Å². The Labute approximate surface area is 198 Å². The van der Waals surface area contributed by atoms with E-state index in [9.17, 15) is 19.1 Å². The van der Waals surface area contributed by atoms with E-state index in [0.717, 1.165) is 6.07 Å². The Morgan fingerprint density at radius 2 is 2.03 bits per heavy atom. The summed E-state index contributed by atoms with van der Waals surface area (Å²) in [7, 11) is 1.59. The quantitative estimate of drug-likeness (QED) is 0.561. The Morgan fingerprint density at radius 3 is 2.74 bits per heavy atom. The SMILES string of the molecule is C=CC(=O)N1CCN2c3c(cnc4c(Cl)c(-c5c(O)cccc5F)c(F)cc34)N(C)C(=O)C2C1. The zero-order valence-electron chi connectivity index (χ0n) is 18.1. The van der Waals surface area contributed by atoms with Crippen molar-refractivity contribution in [3.63, 3.8) is 0 Å². The molecule has 0 spiro atoms. The number of fused-ring (bicyclic) bond motifs is 5. The number of aromatic nitrogens is 1. The zero-order chi connectivity index (χ0) is 24.3. The average molecular weight is 485 g/mol. The molecule has 1 saturated heterocycles. The molecule has 34 heavy (non-hydrogen) atoms. The van der Waals surface area contributed by atoms with Crippen LogP contribution in [-0.2, 0) is 9.59 Å². The highest BCUT2D eigenvalue weighted by Gasteiger charge is 2.42. The second kappa shape index (κ2) is 7.95. The number of nitrogens with zero attached hydrogens (tertiary/aromatic N) is 4. The van der Waals surface area contributed by atoms with E-state index in [-0.39, 0.29) is 40.0 Å². The van der Waals surface area contributed by atoms with Gasteiger partial charge in [-0.1, -0.05) is 24.2 Å². The van der Waals surface area contributed by atoms with Gasteiger partial charge in [-0.15, -0.1) is 0 Å². The number of phenols is 1. The number of halogens is 3. The number of benzene rings is 2. The second-order valence-electron chi connectivity index (χ2n) is 8.16. The van der Waals surface area contributed by atoms with Crippen LogP contribution in [0.1, 0.15) is 0 Å². The number of amides is 2. The van der Waals surface area contributed by atoms with E-state index in [2.05, 4.69) is 11.6 Å².